The van der Waals surface area contributed by atoms with Gasteiger partial charge in [-0.3, -0.25) is 18.6 Å². The van der Waals surface area contributed by atoms with Gasteiger partial charge in [0.05, 0.1) is 13.2 Å². The van der Waals surface area contributed by atoms with Crippen molar-refractivity contribution in [1.29, 1.82) is 0 Å². The SMILES string of the molecule is CCCCCCCCCCCCCCCCCCCC(=O)OC(COC(=O)CCC)COP(=O)(O)OCCN. The normalized spacial score (nSPS) is 13.6. The summed E-state index contributed by atoms with van der Waals surface area (Å²) in [7, 11) is -4.33. The van der Waals surface area contributed by atoms with Crippen molar-refractivity contribution in [3.8, 4) is 0 Å². The molecule has 0 spiro atoms. The zero-order valence-corrected chi connectivity index (χ0v) is 25.8. The van der Waals surface area contributed by atoms with Crippen molar-refractivity contribution in [2.24, 2.45) is 5.73 Å². The molecule has 0 radical (unpaired) electrons. The molecule has 0 aliphatic carbocycles. The molecule has 9 nitrogen and oxygen atoms in total. The van der Waals surface area contributed by atoms with Crippen molar-refractivity contribution < 1.29 is 37.6 Å². The molecule has 0 aromatic rings. The Hall–Kier alpha value is -0.990. The molecule has 3 N–H and O–H groups in total. The molecule has 232 valence electrons. The van der Waals surface area contributed by atoms with Gasteiger partial charge in [-0.15, -0.1) is 0 Å². The van der Waals surface area contributed by atoms with E-state index < -0.39 is 32.5 Å². The van der Waals surface area contributed by atoms with Gasteiger partial charge in [-0.25, -0.2) is 4.57 Å². The highest BCUT2D eigenvalue weighted by molar-refractivity contribution is 7.47. The van der Waals surface area contributed by atoms with Crippen LogP contribution in [0.3, 0.4) is 0 Å². The largest absolute Gasteiger partial charge is 0.472 e. The molecule has 0 rings (SSSR count). The first-order valence-corrected chi connectivity index (χ1v) is 17.0. The molecule has 0 bridgehead atoms. The smallest absolute Gasteiger partial charge is 0.462 e. The van der Waals surface area contributed by atoms with Gasteiger partial charge in [-0.05, 0) is 12.8 Å². The first-order valence-electron chi connectivity index (χ1n) is 15.5. The molecule has 2 unspecified atom stereocenters. The molecule has 0 saturated carbocycles. The summed E-state index contributed by atoms with van der Waals surface area (Å²) < 4.78 is 31.9. The number of hydrogen-bond acceptors (Lipinski definition) is 8. The van der Waals surface area contributed by atoms with Crippen LogP contribution in [0, 0.1) is 0 Å². The number of rotatable bonds is 29. The summed E-state index contributed by atoms with van der Waals surface area (Å²) in [6.07, 6.45) is 21.6. The minimum Gasteiger partial charge on any atom is -0.462 e. The number of phosphoric ester groups is 1. The van der Waals surface area contributed by atoms with Crippen molar-refractivity contribution in [1.82, 2.24) is 0 Å². The number of nitrogens with two attached hydrogens (primary N) is 1. The Morgan fingerprint density at radius 1 is 0.667 bits per heavy atom. The Morgan fingerprint density at radius 3 is 1.62 bits per heavy atom. The lowest BCUT2D eigenvalue weighted by Crippen LogP contribution is -2.29. The average molecular weight is 580 g/mol. The standard InChI is InChI=1S/C29H58NO8P/c1-3-5-6-7-8-9-10-11-12-13-14-15-16-17-18-19-20-22-29(32)38-27(25-35-28(31)21-4-2)26-37-39(33,34)36-24-23-30/h27H,3-26,30H2,1-2H3,(H,33,34). The van der Waals surface area contributed by atoms with Gasteiger partial charge in [-0.1, -0.05) is 117 Å². The highest BCUT2D eigenvalue weighted by Gasteiger charge is 2.25. The molecule has 0 aromatic heterocycles. The lowest BCUT2D eigenvalue weighted by molar-refractivity contribution is -0.161. The Bertz CT molecular complexity index is 634. The Morgan fingerprint density at radius 2 is 1.15 bits per heavy atom. The number of phosphoric acid groups is 1. The van der Waals surface area contributed by atoms with Gasteiger partial charge in [0.25, 0.3) is 0 Å². The van der Waals surface area contributed by atoms with E-state index in [1.807, 2.05) is 6.92 Å². The fourth-order valence-electron chi connectivity index (χ4n) is 4.20. The van der Waals surface area contributed by atoms with Crippen LogP contribution in [0.1, 0.15) is 142 Å². The summed E-state index contributed by atoms with van der Waals surface area (Å²) in [6.45, 7) is 3.33. The number of ether oxygens (including phenoxy) is 2. The van der Waals surface area contributed by atoms with Crippen LogP contribution < -0.4 is 5.73 Å². The van der Waals surface area contributed by atoms with E-state index in [1.165, 1.54) is 89.9 Å². The maximum absolute atomic E-state index is 12.3. The van der Waals surface area contributed by atoms with Crippen molar-refractivity contribution >= 4 is 19.8 Å². The molecule has 0 aromatic carbocycles. The monoisotopic (exact) mass is 579 g/mol. The second-order valence-corrected chi connectivity index (χ2v) is 11.8. The first kappa shape index (κ1) is 38.0. The third kappa shape index (κ3) is 27.0. The van der Waals surface area contributed by atoms with Gasteiger partial charge in [-0.2, -0.15) is 0 Å². The van der Waals surface area contributed by atoms with Crippen molar-refractivity contribution in [2.45, 2.75) is 148 Å². The predicted molar refractivity (Wildman–Crippen MR) is 155 cm³/mol. The van der Waals surface area contributed by atoms with E-state index in [0.717, 1.165) is 12.8 Å². The molecule has 0 heterocycles. The minimum atomic E-state index is -4.33. The molecule has 0 amide bonds. The van der Waals surface area contributed by atoms with E-state index in [1.54, 1.807) is 0 Å². The molecule has 0 aliphatic rings. The van der Waals surface area contributed by atoms with E-state index >= 15 is 0 Å². The molecule has 39 heavy (non-hydrogen) atoms. The van der Waals surface area contributed by atoms with E-state index in [0.29, 0.717) is 12.8 Å². The number of carbonyl (C=O) groups excluding carboxylic acids is 2. The summed E-state index contributed by atoms with van der Waals surface area (Å²) in [6, 6.07) is 0. The van der Waals surface area contributed by atoms with Gasteiger partial charge >= 0.3 is 19.8 Å². The Kier molecular flexibility index (Phi) is 26.5. The highest BCUT2D eigenvalue weighted by atomic mass is 31.2. The average Bonchev–Trinajstić information content (AvgIpc) is 2.91. The van der Waals surface area contributed by atoms with Crippen molar-refractivity contribution in [3.05, 3.63) is 0 Å². The van der Waals surface area contributed by atoms with Crippen molar-refractivity contribution in [2.75, 3.05) is 26.4 Å². The van der Waals surface area contributed by atoms with Crippen molar-refractivity contribution in [3.63, 3.8) is 0 Å². The van der Waals surface area contributed by atoms with Gasteiger partial charge in [0, 0.05) is 19.4 Å². The van der Waals surface area contributed by atoms with Gasteiger partial charge in [0.2, 0.25) is 0 Å². The predicted octanol–water partition coefficient (Wildman–Crippen LogP) is 7.38. The molecular formula is C29H58NO8P. The second-order valence-electron chi connectivity index (χ2n) is 10.3. The highest BCUT2D eigenvalue weighted by Crippen LogP contribution is 2.43. The van der Waals surface area contributed by atoms with E-state index in [-0.39, 0.29) is 32.6 Å². The lowest BCUT2D eigenvalue weighted by Gasteiger charge is -2.19. The number of carbonyl (C=O) groups is 2. The minimum absolute atomic E-state index is 0.0559. The lowest BCUT2D eigenvalue weighted by atomic mass is 10.0. The summed E-state index contributed by atoms with van der Waals surface area (Å²) in [5, 5.41) is 0. The van der Waals surface area contributed by atoms with E-state index in [9.17, 15) is 19.0 Å². The summed E-state index contributed by atoms with van der Waals surface area (Å²) in [4.78, 5) is 33.6. The molecular weight excluding hydrogens is 521 g/mol. The number of unbranched alkanes of at least 4 members (excludes halogenated alkanes) is 16. The molecule has 10 heteroatoms. The fourth-order valence-corrected chi connectivity index (χ4v) is 4.97. The summed E-state index contributed by atoms with van der Waals surface area (Å²) >= 11 is 0. The van der Waals surface area contributed by atoms with Crippen LogP contribution in [0.25, 0.3) is 0 Å². The maximum Gasteiger partial charge on any atom is 0.472 e. The Balaban J connectivity index is 3.91. The number of esters is 2. The van der Waals surface area contributed by atoms with Crippen LogP contribution in [0.15, 0.2) is 0 Å². The van der Waals surface area contributed by atoms with Crippen LogP contribution in [0.4, 0.5) is 0 Å². The summed E-state index contributed by atoms with van der Waals surface area (Å²) in [5.74, 6) is -0.884. The summed E-state index contributed by atoms with van der Waals surface area (Å²) in [5.41, 5.74) is 5.26. The van der Waals surface area contributed by atoms with Crippen LogP contribution >= 0.6 is 7.82 Å². The Labute approximate surface area is 237 Å². The third-order valence-electron chi connectivity index (χ3n) is 6.46. The maximum atomic E-state index is 12.3. The van der Waals surface area contributed by atoms with Gasteiger partial charge in [0.15, 0.2) is 6.10 Å². The molecule has 0 saturated heterocycles. The van der Waals surface area contributed by atoms with E-state index in [2.05, 4.69) is 11.4 Å². The fraction of sp³-hybridized carbons (Fsp3) is 0.931. The van der Waals surface area contributed by atoms with E-state index in [4.69, 9.17) is 19.7 Å². The molecule has 2 atom stereocenters. The first-order chi connectivity index (χ1) is 18.8. The van der Waals surface area contributed by atoms with Crippen LogP contribution in [-0.4, -0.2) is 49.3 Å². The molecule has 0 aliphatic heterocycles. The number of hydrogen-bond donors (Lipinski definition) is 2. The van der Waals surface area contributed by atoms with Crippen LogP contribution in [0.5, 0.6) is 0 Å². The zero-order chi connectivity index (χ0) is 29.0. The van der Waals surface area contributed by atoms with Crippen LogP contribution in [-0.2, 0) is 32.7 Å². The quantitative estimate of drug-likeness (QED) is 0.0529. The molecule has 0 fully saturated rings. The van der Waals surface area contributed by atoms with Gasteiger partial charge in [0.1, 0.15) is 6.61 Å². The second kappa shape index (κ2) is 27.2. The zero-order valence-electron chi connectivity index (χ0n) is 24.9. The van der Waals surface area contributed by atoms with Gasteiger partial charge < -0.3 is 20.1 Å². The van der Waals surface area contributed by atoms with Crippen LogP contribution in [0.2, 0.25) is 0 Å². The topological polar surface area (TPSA) is 134 Å². The third-order valence-corrected chi connectivity index (χ3v) is 7.45.